The molecule has 2 amide bonds. The normalized spacial score (nSPS) is 17.3. The van der Waals surface area contributed by atoms with Crippen LogP contribution in [-0.2, 0) is 9.59 Å². The molecule has 1 aliphatic rings. The first-order chi connectivity index (χ1) is 14.3. The maximum Gasteiger partial charge on any atom is 0.240 e. The van der Waals surface area contributed by atoms with Gasteiger partial charge in [0.1, 0.15) is 0 Å². The van der Waals surface area contributed by atoms with Gasteiger partial charge in [-0.1, -0.05) is 5.57 Å². The van der Waals surface area contributed by atoms with Gasteiger partial charge in [-0.05, 0) is 26.2 Å². The Labute approximate surface area is 179 Å². The molecule has 1 aliphatic heterocycles. The number of thiazole rings is 1. The fraction of sp³-hybridized carbons (Fsp3) is 0.526. The summed E-state index contributed by atoms with van der Waals surface area (Å²) in [5, 5.41) is 7.92. The van der Waals surface area contributed by atoms with E-state index in [4.69, 9.17) is 11.5 Å². The number of carbonyl (C=O) groups is 3. The molecule has 0 radical (unpaired) electrons. The van der Waals surface area contributed by atoms with Gasteiger partial charge in [0.05, 0.1) is 18.6 Å². The number of rotatable bonds is 11. The number of nitrogens with zero attached hydrogens (tertiary/aromatic N) is 3. The monoisotopic (exact) mass is 435 g/mol. The quantitative estimate of drug-likeness (QED) is 0.121. The molecule has 10 nitrogen and oxygen atoms in total. The van der Waals surface area contributed by atoms with E-state index in [1.807, 2.05) is 6.92 Å². The number of Topliss-reactive ketones (excluding diaryl/α,β-unsaturated/α-hetero) is 1. The number of guanidine groups is 1. The summed E-state index contributed by atoms with van der Waals surface area (Å²) >= 11 is 1.21. The summed E-state index contributed by atoms with van der Waals surface area (Å²) in [5.41, 5.74) is 11.5. The van der Waals surface area contributed by atoms with E-state index in [0.29, 0.717) is 43.9 Å². The average molecular weight is 436 g/mol. The first-order valence-corrected chi connectivity index (χ1v) is 10.6. The molecule has 0 aliphatic carbocycles. The van der Waals surface area contributed by atoms with Gasteiger partial charge in [-0.15, -0.1) is 17.9 Å². The highest BCUT2D eigenvalue weighted by atomic mass is 32.1. The molecule has 164 valence electrons. The van der Waals surface area contributed by atoms with Crippen LogP contribution in [0.15, 0.2) is 28.7 Å². The fourth-order valence-corrected chi connectivity index (χ4v) is 3.77. The van der Waals surface area contributed by atoms with Gasteiger partial charge in [-0.2, -0.15) is 0 Å². The van der Waals surface area contributed by atoms with E-state index in [1.165, 1.54) is 22.4 Å². The van der Waals surface area contributed by atoms with Gasteiger partial charge >= 0.3 is 0 Å². The lowest BCUT2D eigenvalue weighted by molar-refractivity contribution is -0.139. The Hall–Kier alpha value is -2.79. The van der Waals surface area contributed by atoms with Crippen LogP contribution < -0.4 is 22.1 Å². The van der Waals surface area contributed by atoms with E-state index in [-0.39, 0.29) is 30.2 Å². The molecule has 6 N–H and O–H groups in total. The number of piperazine rings is 1. The molecule has 11 heteroatoms. The summed E-state index contributed by atoms with van der Waals surface area (Å²) in [5.74, 6) is -0.829. The molecular formula is C19H29N7O3S. The summed E-state index contributed by atoms with van der Waals surface area (Å²) in [6, 6.07) is -1.14. The smallest absolute Gasteiger partial charge is 0.240 e. The number of aromatic nitrogens is 1. The van der Waals surface area contributed by atoms with Crippen LogP contribution in [0.25, 0.3) is 0 Å². The molecule has 2 rings (SSSR count). The summed E-state index contributed by atoms with van der Waals surface area (Å²) in [7, 11) is 0. The largest absolute Gasteiger partial charge is 0.370 e. The molecule has 1 unspecified atom stereocenters. The lowest BCUT2D eigenvalue weighted by Gasteiger charge is -2.33. The van der Waals surface area contributed by atoms with Crippen molar-refractivity contribution in [1.29, 1.82) is 0 Å². The maximum atomic E-state index is 12.7. The Balaban J connectivity index is 1.98. The number of nitrogens with two attached hydrogens (primary N) is 2. The molecule has 1 saturated heterocycles. The zero-order valence-corrected chi connectivity index (χ0v) is 17.9. The van der Waals surface area contributed by atoms with E-state index in [2.05, 4.69) is 27.2 Å². The second kappa shape index (κ2) is 11.4. The SMILES string of the molecule is C=C(C)CC1NCCN(CC(=O)N[C@@H](CCCN=C(N)N)C(=O)c2nccs2)C1=O. The highest BCUT2D eigenvalue weighted by Crippen LogP contribution is 2.12. The lowest BCUT2D eigenvalue weighted by Crippen LogP contribution is -2.57. The van der Waals surface area contributed by atoms with Gasteiger partial charge in [0.2, 0.25) is 17.6 Å². The average Bonchev–Trinajstić information content (AvgIpc) is 3.21. The van der Waals surface area contributed by atoms with E-state index in [0.717, 1.165) is 5.57 Å². The number of amides is 2. The molecule has 1 aromatic rings. The van der Waals surface area contributed by atoms with Crippen molar-refractivity contribution < 1.29 is 14.4 Å². The standard InChI is InChI=1S/C19H29N7O3S/c1-12(2)10-14-18(29)26(8-6-22-14)11-15(27)25-13(4-3-5-24-19(20)21)16(28)17-23-7-9-30-17/h7,9,13-14,22H,1,3-6,8,10-11H2,2H3,(H,25,27)(H4,20,21,24)/t13-,14?/m0/s1. The number of ketones is 1. The minimum Gasteiger partial charge on any atom is -0.370 e. The zero-order chi connectivity index (χ0) is 22.1. The predicted molar refractivity (Wildman–Crippen MR) is 116 cm³/mol. The van der Waals surface area contributed by atoms with Crippen LogP contribution in [0.1, 0.15) is 36.0 Å². The van der Waals surface area contributed by atoms with Gasteiger partial charge in [0, 0.05) is 31.2 Å². The van der Waals surface area contributed by atoms with Crippen LogP contribution in [0, 0.1) is 0 Å². The molecule has 1 fully saturated rings. The van der Waals surface area contributed by atoms with Crippen molar-refractivity contribution in [3.8, 4) is 0 Å². The Kier molecular flexibility index (Phi) is 8.93. The van der Waals surface area contributed by atoms with Crippen LogP contribution >= 0.6 is 11.3 Å². The van der Waals surface area contributed by atoms with E-state index < -0.39 is 11.9 Å². The Morgan fingerprint density at radius 2 is 2.27 bits per heavy atom. The van der Waals surface area contributed by atoms with Crippen LogP contribution in [-0.4, -0.2) is 71.7 Å². The Morgan fingerprint density at radius 3 is 2.90 bits per heavy atom. The van der Waals surface area contributed by atoms with Crippen LogP contribution in [0.2, 0.25) is 0 Å². The van der Waals surface area contributed by atoms with Gasteiger partial charge in [0.25, 0.3) is 0 Å². The molecule has 1 aromatic heterocycles. The minimum absolute atomic E-state index is 0.0247. The van der Waals surface area contributed by atoms with Gasteiger partial charge in [-0.3, -0.25) is 19.4 Å². The number of hydrogen-bond acceptors (Lipinski definition) is 7. The second-order valence-corrected chi connectivity index (χ2v) is 8.09. The highest BCUT2D eigenvalue weighted by Gasteiger charge is 2.30. The first kappa shape index (κ1) is 23.5. The van der Waals surface area contributed by atoms with Gasteiger partial charge in [0.15, 0.2) is 11.0 Å². The molecule has 30 heavy (non-hydrogen) atoms. The summed E-state index contributed by atoms with van der Waals surface area (Å²) in [4.78, 5) is 47.4. The maximum absolute atomic E-state index is 12.7. The van der Waals surface area contributed by atoms with Crippen molar-refractivity contribution in [1.82, 2.24) is 20.5 Å². The lowest BCUT2D eigenvalue weighted by atomic mass is 10.1. The molecule has 0 bridgehead atoms. The van der Waals surface area contributed by atoms with Crippen LogP contribution in [0.4, 0.5) is 0 Å². The Morgan fingerprint density at radius 1 is 1.50 bits per heavy atom. The van der Waals surface area contributed by atoms with Crippen molar-refractivity contribution in [3.05, 3.63) is 28.7 Å². The number of aliphatic imine (C=N–C) groups is 1. The van der Waals surface area contributed by atoms with Gasteiger partial charge < -0.3 is 27.0 Å². The summed E-state index contributed by atoms with van der Waals surface area (Å²) < 4.78 is 0. The minimum atomic E-state index is -0.762. The summed E-state index contributed by atoms with van der Waals surface area (Å²) in [6.45, 7) is 6.96. The van der Waals surface area contributed by atoms with Crippen LogP contribution in [0.5, 0.6) is 0 Å². The van der Waals surface area contributed by atoms with Crippen molar-refractivity contribution in [2.75, 3.05) is 26.2 Å². The van der Waals surface area contributed by atoms with Crippen molar-refractivity contribution in [3.63, 3.8) is 0 Å². The van der Waals surface area contributed by atoms with Gasteiger partial charge in [-0.25, -0.2) is 4.98 Å². The predicted octanol–water partition coefficient (Wildman–Crippen LogP) is -0.369. The highest BCUT2D eigenvalue weighted by molar-refractivity contribution is 7.11. The number of nitrogens with one attached hydrogen (secondary N) is 2. The summed E-state index contributed by atoms with van der Waals surface area (Å²) in [6.07, 6.45) is 2.92. The molecule has 0 aromatic carbocycles. The molecule has 0 saturated carbocycles. The van der Waals surface area contributed by atoms with Crippen molar-refractivity contribution in [2.24, 2.45) is 16.5 Å². The van der Waals surface area contributed by atoms with E-state index in [9.17, 15) is 14.4 Å². The van der Waals surface area contributed by atoms with Crippen molar-refractivity contribution in [2.45, 2.75) is 38.3 Å². The molecule has 0 spiro atoms. The third-order valence-corrected chi connectivity index (χ3v) is 5.30. The number of carbonyl (C=O) groups excluding carboxylic acids is 3. The third kappa shape index (κ3) is 7.23. The van der Waals surface area contributed by atoms with E-state index >= 15 is 0 Å². The zero-order valence-electron chi connectivity index (χ0n) is 17.1. The van der Waals surface area contributed by atoms with Crippen LogP contribution in [0.3, 0.4) is 0 Å². The van der Waals surface area contributed by atoms with E-state index in [1.54, 1.807) is 5.38 Å². The number of hydrogen-bond donors (Lipinski definition) is 4. The fourth-order valence-electron chi connectivity index (χ4n) is 3.14. The molecule has 2 atom stereocenters. The van der Waals surface area contributed by atoms with Crippen molar-refractivity contribution >= 4 is 34.9 Å². The molecule has 2 heterocycles. The first-order valence-electron chi connectivity index (χ1n) is 9.73. The Bertz CT molecular complexity index is 790. The second-order valence-electron chi connectivity index (χ2n) is 7.20. The third-order valence-electron chi connectivity index (χ3n) is 4.51. The topological polar surface area (TPSA) is 156 Å². The molecular weight excluding hydrogens is 406 g/mol.